The number of ether oxygens (including phenoxy) is 1. The van der Waals surface area contributed by atoms with Crippen LogP contribution in [0.3, 0.4) is 0 Å². The molecule has 0 saturated heterocycles. The average molecular weight is 335 g/mol. The molecule has 3 aromatic heterocycles. The number of hydrogen-bond acceptors (Lipinski definition) is 6. The highest BCUT2D eigenvalue weighted by atomic mass is 16.5. The minimum atomic E-state index is -0.433. The Morgan fingerprint density at radius 1 is 1.16 bits per heavy atom. The fraction of sp³-hybridized carbons (Fsp3) is 0.0588. The zero-order valence-corrected chi connectivity index (χ0v) is 13.2. The molecule has 0 aliphatic carbocycles. The van der Waals surface area contributed by atoms with Crippen LogP contribution in [0.1, 0.15) is 10.5 Å². The number of anilines is 1. The van der Waals surface area contributed by atoms with Crippen molar-refractivity contribution in [2.24, 2.45) is 0 Å². The summed E-state index contributed by atoms with van der Waals surface area (Å²) in [6, 6.07) is 12.6. The highest BCUT2D eigenvalue weighted by Gasteiger charge is 2.20. The number of aromatic nitrogens is 4. The van der Waals surface area contributed by atoms with Crippen LogP contribution in [0.5, 0.6) is 5.75 Å². The second kappa shape index (κ2) is 6.08. The van der Waals surface area contributed by atoms with Gasteiger partial charge >= 0.3 is 0 Å². The van der Waals surface area contributed by atoms with Crippen LogP contribution in [0.4, 0.5) is 5.95 Å². The van der Waals surface area contributed by atoms with E-state index in [1.54, 1.807) is 48.0 Å². The van der Waals surface area contributed by atoms with E-state index in [9.17, 15) is 4.79 Å². The molecule has 8 heteroatoms. The molecule has 0 bridgehead atoms. The van der Waals surface area contributed by atoms with Gasteiger partial charge in [0.15, 0.2) is 23.5 Å². The average Bonchev–Trinajstić information content (AvgIpc) is 3.29. The Morgan fingerprint density at radius 3 is 2.80 bits per heavy atom. The lowest BCUT2D eigenvalue weighted by Crippen LogP contribution is -2.15. The fourth-order valence-electron chi connectivity index (χ4n) is 2.44. The van der Waals surface area contributed by atoms with Crippen LogP contribution >= 0.6 is 0 Å². The lowest BCUT2D eigenvalue weighted by atomic mass is 10.1. The first kappa shape index (κ1) is 14.9. The summed E-state index contributed by atoms with van der Waals surface area (Å²) in [5.41, 5.74) is 1.51. The highest BCUT2D eigenvalue weighted by Crippen LogP contribution is 2.25. The second-order valence-corrected chi connectivity index (χ2v) is 5.17. The van der Waals surface area contributed by atoms with Gasteiger partial charge in [0.25, 0.3) is 5.91 Å². The van der Waals surface area contributed by atoms with E-state index >= 15 is 0 Å². The largest absolute Gasteiger partial charge is 0.497 e. The molecule has 0 unspecified atom stereocenters. The minimum absolute atomic E-state index is 0.165. The first-order valence-corrected chi connectivity index (χ1v) is 7.45. The molecule has 1 N–H and O–H groups in total. The van der Waals surface area contributed by atoms with Crippen LogP contribution in [0.2, 0.25) is 0 Å². The second-order valence-electron chi connectivity index (χ2n) is 5.17. The number of carbonyl (C=O) groups excluding carboxylic acids is 1. The van der Waals surface area contributed by atoms with Gasteiger partial charge < -0.3 is 9.15 Å². The molecule has 0 radical (unpaired) electrons. The first-order chi connectivity index (χ1) is 12.3. The Bertz CT molecular complexity index is 1040. The number of fused-ring (bicyclic) bond motifs is 1. The number of nitrogens with zero attached hydrogens (tertiary/aromatic N) is 4. The van der Waals surface area contributed by atoms with Crippen molar-refractivity contribution in [3.63, 3.8) is 0 Å². The van der Waals surface area contributed by atoms with E-state index < -0.39 is 5.91 Å². The van der Waals surface area contributed by atoms with Crippen molar-refractivity contribution in [3.8, 4) is 17.1 Å². The molecular formula is C17H13N5O3. The van der Waals surface area contributed by atoms with Crippen molar-refractivity contribution in [2.45, 2.75) is 0 Å². The molecule has 0 fully saturated rings. The molecule has 4 rings (SSSR count). The van der Waals surface area contributed by atoms with E-state index in [1.165, 1.54) is 6.39 Å². The summed E-state index contributed by atoms with van der Waals surface area (Å²) in [5, 5.41) is 10.7. The van der Waals surface area contributed by atoms with E-state index in [-0.39, 0.29) is 5.69 Å². The van der Waals surface area contributed by atoms with Crippen LogP contribution < -0.4 is 10.1 Å². The van der Waals surface area contributed by atoms with E-state index in [2.05, 4.69) is 20.5 Å². The molecule has 124 valence electrons. The highest BCUT2D eigenvalue weighted by molar-refractivity contribution is 6.05. The van der Waals surface area contributed by atoms with Gasteiger partial charge in [0.2, 0.25) is 5.95 Å². The van der Waals surface area contributed by atoms with Gasteiger partial charge in [-0.2, -0.15) is 0 Å². The van der Waals surface area contributed by atoms with Crippen molar-refractivity contribution in [3.05, 3.63) is 60.7 Å². The molecule has 0 aliphatic heterocycles. The predicted molar refractivity (Wildman–Crippen MR) is 89.4 cm³/mol. The Balaban J connectivity index is 1.64. The standard InChI is InChI=1S/C17H13N5O3/c1-24-12-7-5-11(6-8-12)15-14(18-10-25-15)16(23)19-17-21-20-13-4-2-3-9-22(13)17/h2-10H,1H3,(H,19,21,23). The summed E-state index contributed by atoms with van der Waals surface area (Å²) in [6.45, 7) is 0. The van der Waals surface area contributed by atoms with Crippen molar-refractivity contribution in [1.82, 2.24) is 19.6 Å². The molecule has 25 heavy (non-hydrogen) atoms. The number of pyridine rings is 1. The maximum atomic E-state index is 12.6. The van der Waals surface area contributed by atoms with Crippen LogP contribution in [0.25, 0.3) is 17.0 Å². The Kier molecular flexibility index (Phi) is 3.62. The normalized spacial score (nSPS) is 10.8. The van der Waals surface area contributed by atoms with Gasteiger partial charge in [-0.15, -0.1) is 10.2 Å². The van der Waals surface area contributed by atoms with Gasteiger partial charge in [-0.3, -0.25) is 14.5 Å². The van der Waals surface area contributed by atoms with Crippen molar-refractivity contribution >= 4 is 17.5 Å². The molecule has 8 nitrogen and oxygen atoms in total. The molecule has 1 aromatic carbocycles. The number of carbonyl (C=O) groups is 1. The Hall–Kier alpha value is -3.68. The maximum absolute atomic E-state index is 12.6. The molecule has 0 spiro atoms. The Labute approximate surface area is 142 Å². The quantitative estimate of drug-likeness (QED) is 0.616. The number of methoxy groups -OCH3 is 1. The van der Waals surface area contributed by atoms with E-state index in [1.807, 2.05) is 12.1 Å². The summed E-state index contributed by atoms with van der Waals surface area (Å²) >= 11 is 0. The fourth-order valence-corrected chi connectivity index (χ4v) is 2.44. The van der Waals surface area contributed by atoms with E-state index in [0.29, 0.717) is 23.1 Å². The minimum Gasteiger partial charge on any atom is -0.497 e. The molecule has 0 aliphatic rings. The summed E-state index contributed by atoms with van der Waals surface area (Å²) in [6.07, 6.45) is 2.99. The number of amides is 1. The summed E-state index contributed by atoms with van der Waals surface area (Å²) < 4.78 is 12.2. The first-order valence-electron chi connectivity index (χ1n) is 7.45. The third kappa shape index (κ3) is 2.69. The van der Waals surface area contributed by atoms with Crippen LogP contribution in [-0.4, -0.2) is 32.6 Å². The molecule has 1 amide bonds. The van der Waals surface area contributed by atoms with Gasteiger partial charge in [0, 0.05) is 11.8 Å². The zero-order chi connectivity index (χ0) is 17.2. The SMILES string of the molecule is COc1ccc(-c2ocnc2C(=O)Nc2nnc3ccccn23)cc1. The third-order valence-electron chi connectivity index (χ3n) is 3.67. The molecular weight excluding hydrogens is 322 g/mol. The summed E-state index contributed by atoms with van der Waals surface area (Å²) in [5.74, 6) is 0.958. The topological polar surface area (TPSA) is 94.5 Å². The molecule has 4 aromatic rings. The number of hydrogen-bond donors (Lipinski definition) is 1. The van der Waals surface area contributed by atoms with Gasteiger partial charge in [-0.05, 0) is 36.4 Å². The lowest BCUT2D eigenvalue weighted by Gasteiger charge is -2.04. The number of rotatable bonds is 4. The lowest BCUT2D eigenvalue weighted by molar-refractivity contribution is 0.102. The Morgan fingerprint density at radius 2 is 2.00 bits per heavy atom. The number of benzene rings is 1. The van der Waals surface area contributed by atoms with Gasteiger partial charge in [0.05, 0.1) is 7.11 Å². The smallest absolute Gasteiger partial charge is 0.280 e. The van der Waals surface area contributed by atoms with Gasteiger partial charge in [-0.1, -0.05) is 6.07 Å². The van der Waals surface area contributed by atoms with Gasteiger partial charge in [0.1, 0.15) is 5.75 Å². The van der Waals surface area contributed by atoms with E-state index in [4.69, 9.17) is 9.15 Å². The van der Waals surface area contributed by atoms with Crippen LogP contribution in [-0.2, 0) is 0 Å². The van der Waals surface area contributed by atoms with Crippen molar-refractivity contribution < 1.29 is 13.9 Å². The maximum Gasteiger partial charge on any atom is 0.280 e. The van der Waals surface area contributed by atoms with Crippen molar-refractivity contribution in [1.29, 1.82) is 0 Å². The monoisotopic (exact) mass is 335 g/mol. The van der Waals surface area contributed by atoms with Crippen LogP contribution in [0, 0.1) is 0 Å². The molecule has 0 saturated carbocycles. The number of nitrogens with one attached hydrogen (secondary N) is 1. The van der Waals surface area contributed by atoms with Gasteiger partial charge in [-0.25, -0.2) is 4.98 Å². The zero-order valence-electron chi connectivity index (χ0n) is 13.2. The summed E-state index contributed by atoms with van der Waals surface area (Å²) in [7, 11) is 1.59. The summed E-state index contributed by atoms with van der Waals surface area (Å²) in [4.78, 5) is 16.6. The molecule has 3 heterocycles. The van der Waals surface area contributed by atoms with Crippen molar-refractivity contribution in [2.75, 3.05) is 12.4 Å². The third-order valence-corrected chi connectivity index (χ3v) is 3.67. The molecule has 0 atom stereocenters. The van der Waals surface area contributed by atoms with Crippen LogP contribution in [0.15, 0.2) is 59.5 Å². The predicted octanol–water partition coefficient (Wildman–Crippen LogP) is 2.65. The van der Waals surface area contributed by atoms with E-state index in [0.717, 1.165) is 5.56 Å². The number of oxazole rings is 1.